The highest BCUT2D eigenvalue weighted by Gasteiger charge is 2.05. The molecule has 130 valence electrons. The number of hydrogen-bond acceptors (Lipinski definition) is 2. The number of aliphatic imine (C=N–C) groups is 1. The van der Waals surface area contributed by atoms with Gasteiger partial charge in [-0.15, -0.1) is 24.0 Å². The molecule has 0 aliphatic heterocycles. The first kappa shape index (κ1) is 21.7. The van der Waals surface area contributed by atoms with E-state index in [4.69, 9.17) is 5.73 Å². The molecule has 1 rings (SSSR count). The van der Waals surface area contributed by atoms with Crippen molar-refractivity contribution >= 4 is 35.8 Å². The lowest BCUT2D eigenvalue weighted by atomic mass is 10.0. The van der Waals surface area contributed by atoms with Crippen molar-refractivity contribution < 1.29 is 4.79 Å². The van der Waals surface area contributed by atoms with Gasteiger partial charge in [0, 0.05) is 18.7 Å². The Morgan fingerprint density at radius 2 is 1.91 bits per heavy atom. The van der Waals surface area contributed by atoms with Gasteiger partial charge < -0.3 is 16.4 Å². The number of guanidine groups is 1. The minimum atomic E-state index is -0.412. The summed E-state index contributed by atoms with van der Waals surface area (Å²) in [7, 11) is 0. The second-order valence-electron chi connectivity index (χ2n) is 5.32. The molecule has 6 heteroatoms. The molecule has 0 unspecified atom stereocenters. The first-order valence-electron chi connectivity index (χ1n) is 8.01. The van der Waals surface area contributed by atoms with Gasteiger partial charge in [0.25, 0.3) is 0 Å². The van der Waals surface area contributed by atoms with Crippen LogP contribution in [0.3, 0.4) is 0 Å². The third-order valence-electron chi connectivity index (χ3n) is 3.69. The highest BCUT2D eigenvalue weighted by molar-refractivity contribution is 14.0. The van der Waals surface area contributed by atoms with Gasteiger partial charge in [-0.1, -0.05) is 38.8 Å². The maximum Gasteiger partial charge on any atom is 0.248 e. The minimum Gasteiger partial charge on any atom is -0.366 e. The molecular weight excluding hydrogens is 403 g/mol. The molecule has 0 atom stereocenters. The topological polar surface area (TPSA) is 79.5 Å². The van der Waals surface area contributed by atoms with Crippen molar-refractivity contribution in [1.82, 2.24) is 10.6 Å². The Labute approximate surface area is 156 Å². The highest BCUT2D eigenvalue weighted by Crippen LogP contribution is 2.07. The highest BCUT2D eigenvalue weighted by atomic mass is 127. The Bertz CT molecular complexity index is 501. The van der Waals surface area contributed by atoms with E-state index in [0.717, 1.165) is 37.5 Å². The number of rotatable bonds is 8. The zero-order valence-corrected chi connectivity index (χ0v) is 16.6. The molecule has 23 heavy (non-hydrogen) atoms. The fraction of sp³-hybridized carbons (Fsp3) is 0.529. The summed E-state index contributed by atoms with van der Waals surface area (Å²) in [5.41, 5.74) is 6.78. The number of amides is 1. The molecule has 1 aromatic rings. The van der Waals surface area contributed by atoms with Crippen LogP contribution in [0, 0.1) is 5.92 Å². The van der Waals surface area contributed by atoms with Crippen molar-refractivity contribution in [2.45, 2.75) is 40.2 Å². The van der Waals surface area contributed by atoms with Crippen LogP contribution in [-0.4, -0.2) is 25.0 Å². The quantitative estimate of drug-likeness (QED) is 0.336. The molecule has 0 aromatic heterocycles. The molecule has 1 amide bonds. The lowest BCUT2D eigenvalue weighted by Crippen LogP contribution is -2.39. The van der Waals surface area contributed by atoms with Crippen molar-refractivity contribution in [1.29, 1.82) is 0 Å². The maximum absolute atomic E-state index is 11.2. The van der Waals surface area contributed by atoms with Crippen molar-refractivity contribution in [2.24, 2.45) is 16.6 Å². The Morgan fingerprint density at radius 3 is 2.48 bits per heavy atom. The van der Waals surface area contributed by atoms with E-state index in [0.29, 0.717) is 18.0 Å². The van der Waals surface area contributed by atoms with Crippen LogP contribution < -0.4 is 16.4 Å². The summed E-state index contributed by atoms with van der Waals surface area (Å²) in [6, 6.07) is 7.28. The van der Waals surface area contributed by atoms with E-state index < -0.39 is 5.91 Å². The molecular formula is C17H29IN4O. The first-order chi connectivity index (χ1) is 10.6. The lowest BCUT2D eigenvalue weighted by Gasteiger charge is -2.16. The first-order valence-corrected chi connectivity index (χ1v) is 8.01. The van der Waals surface area contributed by atoms with E-state index in [2.05, 4.69) is 29.5 Å². The zero-order valence-electron chi connectivity index (χ0n) is 14.3. The van der Waals surface area contributed by atoms with Crippen LogP contribution in [0.5, 0.6) is 0 Å². The predicted molar refractivity (Wildman–Crippen MR) is 107 cm³/mol. The molecule has 0 spiro atoms. The summed E-state index contributed by atoms with van der Waals surface area (Å²) in [5, 5.41) is 6.62. The summed E-state index contributed by atoms with van der Waals surface area (Å²) < 4.78 is 0. The van der Waals surface area contributed by atoms with Crippen LogP contribution in [0.25, 0.3) is 0 Å². The van der Waals surface area contributed by atoms with Gasteiger partial charge >= 0.3 is 0 Å². The molecule has 0 bridgehead atoms. The fourth-order valence-corrected chi connectivity index (χ4v) is 2.15. The van der Waals surface area contributed by atoms with Gasteiger partial charge in [0.1, 0.15) is 0 Å². The Morgan fingerprint density at radius 1 is 1.22 bits per heavy atom. The summed E-state index contributed by atoms with van der Waals surface area (Å²) in [6.45, 7) is 8.70. The standard InChI is InChI=1S/C17H28N4O.HI/c1-4-13(5-2)11-20-17(19-6-3)21-12-14-8-7-9-15(10-14)16(18)22;/h7-10,13H,4-6,11-12H2,1-3H3,(H2,18,22)(H2,19,20,21);1H. The molecule has 0 saturated carbocycles. The van der Waals surface area contributed by atoms with Crippen LogP contribution in [0.4, 0.5) is 0 Å². The molecule has 0 aliphatic rings. The summed E-state index contributed by atoms with van der Waals surface area (Å²) >= 11 is 0. The number of benzene rings is 1. The Kier molecular flexibility index (Phi) is 11.5. The van der Waals surface area contributed by atoms with Crippen LogP contribution in [0.2, 0.25) is 0 Å². The molecule has 0 saturated heterocycles. The maximum atomic E-state index is 11.2. The van der Waals surface area contributed by atoms with Gasteiger partial charge in [-0.05, 0) is 30.5 Å². The van der Waals surface area contributed by atoms with Crippen LogP contribution in [0.15, 0.2) is 29.3 Å². The van der Waals surface area contributed by atoms with Crippen molar-refractivity contribution in [3.8, 4) is 0 Å². The fourth-order valence-electron chi connectivity index (χ4n) is 2.15. The van der Waals surface area contributed by atoms with Crippen LogP contribution >= 0.6 is 24.0 Å². The van der Waals surface area contributed by atoms with Crippen molar-refractivity contribution in [3.05, 3.63) is 35.4 Å². The van der Waals surface area contributed by atoms with Crippen LogP contribution in [-0.2, 0) is 6.54 Å². The number of carbonyl (C=O) groups excluding carboxylic acids is 1. The average molecular weight is 432 g/mol. The molecule has 0 radical (unpaired) electrons. The third-order valence-corrected chi connectivity index (χ3v) is 3.69. The summed E-state index contributed by atoms with van der Waals surface area (Å²) in [6.07, 6.45) is 2.31. The molecule has 0 heterocycles. The Balaban J connectivity index is 0.00000484. The normalized spacial score (nSPS) is 11.0. The predicted octanol–water partition coefficient (Wildman–Crippen LogP) is 2.89. The number of carbonyl (C=O) groups is 1. The minimum absolute atomic E-state index is 0. The lowest BCUT2D eigenvalue weighted by molar-refractivity contribution is 0.1000. The number of nitrogens with zero attached hydrogens (tertiary/aromatic N) is 1. The number of primary amides is 1. The number of nitrogens with two attached hydrogens (primary N) is 1. The zero-order chi connectivity index (χ0) is 16.4. The van der Waals surface area contributed by atoms with Gasteiger partial charge in [-0.2, -0.15) is 0 Å². The number of hydrogen-bond donors (Lipinski definition) is 3. The van der Waals surface area contributed by atoms with E-state index in [1.54, 1.807) is 12.1 Å². The largest absolute Gasteiger partial charge is 0.366 e. The van der Waals surface area contributed by atoms with Crippen molar-refractivity contribution in [3.63, 3.8) is 0 Å². The average Bonchev–Trinajstić information content (AvgIpc) is 2.53. The molecule has 0 fully saturated rings. The van der Waals surface area contributed by atoms with E-state index in [1.807, 2.05) is 19.1 Å². The molecule has 4 N–H and O–H groups in total. The number of nitrogens with one attached hydrogen (secondary N) is 2. The van der Waals surface area contributed by atoms with Crippen molar-refractivity contribution in [2.75, 3.05) is 13.1 Å². The summed E-state index contributed by atoms with van der Waals surface area (Å²) in [4.78, 5) is 15.8. The molecule has 1 aromatic carbocycles. The molecule has 0 aliphatic carbocycles. The van der Waals surface area contributed by atoms with Gasteiger partial charge in [0.05, 0.1) is 6.54 Å². The van der Waals surface area contributed by atoms with Gasteiger partial charge in [0.2, 0.25) is 5.91 Å². The number of halogens is 1. The van der Waals surface area contributed by atoms with E-state index in [9.17, 15) is 4.79 Å². The van der Waals surface area contributed by atoms with Gasteiger partial charge in [0.15, 0.2) is 5.96 Å². The van der Waals surface area contributed by atoms with E-state index >= 15 is 0 Å². The third kappa shape index (κ3) is 8.20. The SMILES string of the molecule is CCNC(=NCc1cccc(C(N)=O)c1)NCC(CC)CC.I. The second-order valence-corrected chi connectivity index (χ2v) is 5.32. The molecule has 5 nitrogen and oxygen atoms in total. The van der Waals surface area contributed by atoms with E-state index in [-0.39, 0.29) is 24.0 Å². The monoisotopic (exact) mass is 432 g/mol. The second kappa shape index (κ2) is 12.2. The Hall–Kier alpha value is -1.31. The van der Waals surface area contributed by atoms with Crippen LogP contribution in [0.1, 0.15) is 49.5 Å². The van der Waals surface area contributed by atoms with E-state index in [1.165, 1.54) is 0 Å². The van der Waals surface area contributed by atoms with Gasteiger partial charge in [-0.3, -0.25) is 4.79 Å². The van der Waals surface area contributed by atoms with Gasteiger partial charge in [-0.25, -0.2) is 4.99 Å². The summed E-state index contributed by atoms with van der Waals surface area (Å²) in [5.74, 6) is 1.05. The smallest absolute Gasteiger partial charge is 0.248 e.